The van der Waals surface area contributed by atoms with Crippen LogP contribution < -0.4 is 5.32 Å². The van der Waals surface area contributed by atoms with Gasteiger partial charge in [-0.05, 0) is 37.4 Å². The lowest BCUT2D eigenvalue weighted by atomic mass is 10.1. The summed E-state index contributed by atoms with van der Waals surface area (Å²) in [4.78, 5) is 11.7. The van der Waals surface area contributed by atoms with Crippen LogP contribution in [0, 0.1) is 0 Å². The molecule has 0 heterocycles. The van der Waals surface area contributed by atoms with Gasteiger partial charge in [0.2, 0.25) is 5.91 Å². The van der Waals surface area contributed by atoms with E-state index in [1.54, 1.807) is 0 Å². The molecule has 0 aliphatic carbocycles. The fraction of sp³-hybridized carbons (Fsp3) is 0.947. The number of hydrogen-bond acceptors (Lipinski definition) is 2. The van der Waals surface area contributed by atoms with Gasteiger partial charge in [-0.15, -0.1) is 0 Å². The van der Waals surface area contributed by atoms with Crippen LogP contribution in [-0.2, 0) is 9.22 Å². The maximum absolute atomic E-state index is 11.7. The molecule has 3 nitrogen and oxygen atoms in total. The lowest BCUT2D eigenvalue weighted by Gasteiger charge is -2.36. The van der Waals surface area contributed by atoms with E-state index < -0.39 is 8.32 Å². The summed E-state index contributed by atoms with van der Waals surface area (Å²) in [5, 5.41) is 3.32. The highest BCUT2D eigenvalue weighted by Crippen LogP contribution is 2.36. The first-order valence-electron chi connectivity index (χ1n) is 9.61. The molecule has 0 bridgehead atoms. The van der Waals surface area contributed by atoms with E-state index in [0.29, 0.717) is 11.5 Å². The van der Waals surface area contributed by atoms with Gasteiger partial charge in [0.15, 0.2) is 8.32 Å². The van der Waals surface area contributed by atoms with E-state index in [0.717, 1.165) is 38.8 Å². The maximum Gasteiger partial charge on any atom is 0.219 e. The quantitative estimate of drug-likeness (QED) is 0.346. The molecular weight excluding hydrogens is 302 g/mol. The van der Waals surface area contributed by atoms with Gasteiger partial charge in [0.1, 0.15) is 0 Å². The van der Waals surface area contributed by atoms with Crippen LogP contribution in [0.15, 0.2) is 0 Å². The van der Waals surface area contributed by atoms with Crippen LogP contribution in [0.4, 0.5) is 0 Å². The maximum atomic E-state index is 11.7. The SMILES string of the molecule is CCCCCCNC(=O)CCCCCCO[Si](C)(C)C(C)(C)C. The number of carbonyl (C=O) groups excluding carboxylic acids is 1. The zero-order valence-electron chi connectivity index (χ0n) is 16.6. The van der Waals surface area contributed by atoms with Crippen LogP contribution in [0.3, 0.4) is 0 Å². The number of rotatable bonds is 13. The molecule has 0 spiro atoms. The highest BCUT2D eigenvalue weighted by atomic mass is 28.4. The van der Waals surface area contributed by atoms with Crippen molar-refractivity contribution in [3.05, 3.63) is 0 Å². The molecule has 1 N–H and O–H groups in total. The molecule has 0 aromatic carbocycles. The lowest BCUT2D eigenvalue weighted by molar-refractivity contribution is -0.121. The molecule has 1 amide bonds. The Labute approximate surface area is 146 Å². The van der Waals surface area contributed by atoms with Crippen molar-refractivity contribution < 1.29 is 9.22 Å². The number of carbonyl (C=O) groups is 1. The predicted octanol–water partition coefficient (Wildman–Crippen LogP) is 5.66. The summed E-state index contributed by atoms with van der Waals surface area (Å²) in [7, 11) is -1.58. The molecule has 0 aliphatic rings. The minimum atomic E-state index is -1.58. The van der Waals surface area contributed by atoms with Gasteiger partial charge in [-0.25, -0.2) is 0 Å². The normalized spacial score (nSPS) is 12.4. The van der Waals surface area contributed by atoms with Gasteiger partial charge in [-0.3, -0.25) is 4.79 Å². The molecule has 0 aromatic heterocycles. The Bertz CT molecular complexity index is 311. The highest BCUT2D eigenvalue weighted by molar-refractivity contribution is 6.74. The molecule has 0 rings (SSSR count). The van der Waals surface area contributed by atoms with Crippen molar-refractivity contribution in [2.75, 3.05) is 13.2 Å². The number of amides is 1. The van der Waals surface area contributed by atoms with Crippen LogP contribution in [0.1, 0.15) is 85.5 Å². The van der Waals surface area contributed by atoms with Crippen molar-refractivity contribution in [2.45, 2.75) is 104 Å². The number of hydrogen-bond donors (Lipinski definition) is 1. The Morgan fingerprint density at radius 2 is 1.57 bits per heavy atom. The van der Waals surface area contributed by atoms with Crippen molar-refractivity contribution in [1.82, 2.24) is 5.32 Å². The fourth-order valence-electron chi connectivity index (χ4n) is 2.15. The zero-order chi connectivity index (χ0) is 17.8. The molecule has 0 aromatic rings. The van der Waals surface area contributed by atoms with E-state index in [1.807, 2.05) is 0 Å². The van der Waals surface area contributed by atoms with Crippen LogP contribution in [0.2, 0.25) is 18.1 Å². The predicted molar refractivity (Wildman–Crippen MR) is 103 cm³/mol. The summed E-state index contributed by atoms with van der Waals surface area (Å²) >= 11 is 0. The molecular formula is C19H41NO2Si. The molecule has 0 unspecified atom stereocenters. The minimum Gasteiger partial charge on any atom is -0.417 e. The summed E-state index contributed by atoms with van der Waals surface area (Å²) in [5.41, 5.74) is 0. The molecule has 0 radical (unpaired) electrons. The first-order valence-corrected chi connectivity index (χ1v) is 12.5. The second kappa shape index (κ2) is 12.1. The van der Waals surface area contributed by atoms with Gasteiger partial charge in [0, 0.05) is 19.6 Å². The van der Waals surface area contributed by atoms with Gasteiger partial charge >= 0.3 is 0 Å². The van der Waals surface area contributed by atoms with Crippen LogP contribution in [-0.4, -0.2) is 27.4 Å². The zero-order valence-corrected chi connectivity index (χ0v) is 17.6. The van der Waals surface area contributed by atoms with Crippen LogP contribution >= 0.6 is 0 Å². The third-order valence-electron chi connectivity index (χ3n) is 4.92. The standard InChI is InChI=1S/C19H41NO2Si/c1-7-8-9-13-16-20-18(21)15-12-10-11-14-17-22-23(5,6)19(2,3)4/h7-17H2,1-6H3,(H,20,21). The van der Waals surface area contributed by atoms with Crippen molar-refractivity contribution >= 4 is 14.2 Å². The molecule has 0 saturated carbocycles. The lowest BCUT2D eigenvalue weighted by Crippen LogP contribution is -2.40. The van der Waals surface area contributed by atoms with E-state index in [1.165, 1.54) is 25.7 Å². The van der Waals surface area contributed by atoms with Gasteiger partial charge in [-0.2, -0.15) is 0 Å². The second-order valence-corrected chi connectivity index (χ2v) is 13.0. The molecule has 138 valence electrons. The average molecular weight is 344 g/mol. The second-order valence-electron chi connectivity index (χ2n) is 8.18. The summed E-state index contributed by atoms with van der Waals surface area (Å²) in [5.74, 6) is 0.221. The molecule has 0 aliphatic heterocycles. The summed E-state index contributed by atoms with van der Waals surface area (Å²) in [6.45, 7) is 15.4. The first kappa shape index (κ1) is 22.6. The first-order chi connectivity index (χ1) is 10.7. The molecule has 0 atom stereocenters. The Morgan fingerprint density at radius 3 is 2.17 bits per heavy atom. The summed E-state index contributed by atoms with van der Waals surface area (Å²) in [6.07, 6.45) is 9.95. The van der Waals surface area contributed by atoms with E-state index in [-0.39, 0.29) is 5.91 Å². The van der Waals surface area contributed by atoms with E-state index in [4.69, 9.17) is 4.43 Å². The summed E-state index contributed by atoms with van der Waals surface area (Å²) in [6, 6.07) is 0. The van der Waals surface area contributed by atoms with Crippen molar-refractivity contribution in [1.29, 1.82) is 0 Å². The van der Waals surface area contributed by atoms with Gasteiger partial charge < -0.3 is 9.74 Å². The van der Waals surface area contributed by atoms with Crippen molar-refractivity contribution in [2.24, 2.45) is 0 Å². The minimum absolute atomic E-state index is 0.221. The fourth-order valence-corrected chi connectivity index (χ4v) is 3.24. The molecule has 0 saturated heterocycles. The Hall–Kier alpha value is -0.353. The van der Waals surface area contributed by atoms with E-state index >= 15 is 0 Å². The van der Waals surface area contributed by atoms with Crippen molar-refractivity contribution in [3.8, 4) is 0 Å². The van der Waals surface area contributed by atoms with Gasteiger partial charge in [0.05, 0.1) is 0 Å². The third kappa shape index (κ3) is 11.8. The van der Waals surface area contributed by atoms with Gasteiger partial charge in [0.25, 0.3) is 0 Å². The van der Waals surface area contributed by atoms with E-state index in [2.05, 4.69) is 46.1 Å². The largest absolute Gasteiger partial charge is 0.417 e. The Kier molecular flexibility index (Phi) is 11.9. The Morgan fingerprint density at radius 1 is 0.957 bits per heavy atom. The van der Waals surface area contributed by atoms with Crippen LogP contribution in [0.25, 0.3) is 0 Å². The smallest absolute Gasteiger partial charge is 0.219 e. The monoisotopic (exact) mass is 343 g/mol. The number of nitrogens with one attached hydrogen (secondary N) is 1. The van der Waals surface area contributed by atoms with E-state index in [9.17, 15) is 4.79 Å². The van der Waals surface area contributed by atoms with Gasteiger partial charge in [-0.1, -0.05) is 59.8 Å². The van der Waals surface area contributed by atoms with Crippen molar-refractivity contribution in [3.63, 3.8) is 0 Å². The van der Waals surface area contributed by atoms with Crippen LogP contribution in [0.5, 0.6) is 0 Å². The molecule has 0 fully saturated rings. The average Bonchev–Trinajstić information content (AvgIpc) is 2.44. The number of unbranched alkanes of at least 4 members (excludes halogenated alkanes) is 6. The topological polar surface area (TPSA) is 38.3 Å². The summed E-state index contributed by atoms with van der Waals surface area (Å²) < 4.78 is 6.17. The molecule has 4 heteroatoms. The molecule has 23 heavy (non-hydrogen) atoms. The Balaban J connectivity index is 3.47. The third-order valence-corrected chi connectivity index (χ3v) is 9.46. The highest BCUT2D eigenvalue weighted by Gasteiger charge is 2.36.